The van der Waals surface area contributed by atoms with Crippen LogP contribution in [0.3, 0.4) is 0 Å². The molecule has 2 aromatic carbocycles. The summed E-state index contributed by atoms with van der Waals surface area (Å²) in [5, 5.41) is 17.4. The van der Waals surface area contributed by atoms with Gasteiger partial charge in [-0.2, -0.15) is 0 Å². The lowest BCUT2D eigenvalue weighted by Crippen LogP contribution is -2.04. The standard InChI is InChI=1S/C20H24N2O6.ClH/c21-15-7-5-13(11-17(15)27-9-1-3-19(23)24)14-6-8-16(22)18(12-14)28-10-2-4-20(25)26;/h5-8,11-12H,1-4,9-10,21-22H2,(H,23,24)(H,25,26);1H. The van der Waals surface area contributed by atoms with Crippen LogP contribution in [0.15, 0.2) is 36.4 Å². The Morgan fingerprint density at radius 2 is 1.14 bits per heavy atom. The fraction of sp³-hybridized carbons (Fsp3) is 0.300. The zero-order valence-corrected chi connectivity index (χ0v) is 16.6. The molecule has 6 N–H and O–H groups in total. The van der Waals surface area contributed by atoms with Gasteiger partial charge in [-0.15, -0.1) is 12.4 Å². The van der Waals surface area contributed by atoms with Crippen molar-refractivity contribution < 1.29 is 29.3 Å². The lowest BCUT2D eigenvalue weighted by Gasteiger charge is -2.13. The van der Waals surface area contributed by atoms with Crippen LogP contribution < -0.4 is 20.9 Å². The molecular weight excluding hydrogens is 400 g/mol. The molecule has 0 bridgehead atoms. The van der Waals surface area contributed by atoms with E-state index in [1.165, 1.54) is 0 Å². The van der Waals surface area contributed by atoms with Crippen molar-refractivity contribution in [2.75, 3.05) is 24.7 Å². The van der Waals surface area contributed by atoms with Crippen molar-refractivity contribution in [3.8, 4) is 22.6 Å². The van der Waals surface area contributed by atoms with E-state index >= 15 is 0 Å². The molecule has 0 unspecified atom stereocenters. The van der Waals surface area contributed by atoms with Crippen LogP contribution in [0.4, 0.5) is 11.4 Å². The molecule has 2 rings (SSSR count). The van der Waals surface area contributed by atoms with Gasteiger partial charge >= 0.3 is 11.9 Å². The zero-order valence-electron chi connectivity index (χ0n) is 15.8. The van der Waals surface area contributed by atoms with Crippen molar-refractivity contribution in [2.45, 2.75) is 25.7 Å². The minimum absolute atomic E-state index is 0. The zero-order chi connectivity index (χ0) is 20.5. The van der Waals surface area contributed by atoms with Crippen LogP contribution in [0, 0.1) is 0 Å². The Morgan fingerprint density at radius 3 is 1.48 bits per heavy atom. The fourth-order valence-corrected chi connectivity index (χ4v) is 2.49. The van der Waals surface area contributed by atoms with E-state index in [0.717, 1.165) is 11.1 Å². The summed E-state index contributed by atoms with van der Waals surface area (Å²) in [5.74, 6) is -0.793. The number of halogens is 1. The van der Waals surface area contributed by atoms with E-state index in [-0.39, 0.29) is 38.5 Å². The molecule has 29 heavy (non-hydrogen) atoms. The summed E-state index contributed by atoms with van der Waals surface area (Å²) >= 11 is 0. The van der Waals surface area contributed by atoms with Crippen LogP contribution in [0.25, 0.3) is 11.1 Å². The minimum atomic E-state index is -0.872. The lowest BCUT2D eigenvalue weighted by atomic mass is 10.0. The Labute approximate surface area is 174 Å². The van der Waals surface area contributed by atoms with E-state index in [1.807, 2.05) is 12.1 Å². The summed E-state index contributed by atoms with van der Waals surface area (Å²) < 4.78 is 11.2. The number of nitrogen functional groups attached to an aromatic ring is 2. The Hall–Kier alpha value is -3.13. The molecule has 0 saturated carbocycles. The number of carboxylic acids is 2. The quantitative estimate of drug-likeness (QED) is 0.317. The van der Waals surface area contributed by atoms with Crippen molar-refractivity contribution in [1.29, 1.82) is 0 Å². The highest BCUT2D eigenvalue weighted by Gasteiger charge is 2.09. The van der Waals surface area contributed by atoms with Gasteiger partial charge in [0.25, 0.3) is 0 Å². The Balaban J connectivity index is 0.00000420. The molecule has 0 atom stereocenters. The highest BCUT2D eigenvalue weighted by Crippen LogP contribution is 2.33. The average molecular weight is 425 g/mol. The number of ether oxygens (including phenoxy) is 2. The van der Waals surface area contributed by atoms with E-state index in [4.69, 9.17) is 31.2 Å². The second-order valence-corrected chi connectivity index (χ2v) is 6.20. The molecule has 9 heteroatoms. The predicted octanol–water partition coefficient (Wildman–Crippen LogP) is 3.43. The third-order valence-electron chi connectivity index (χ3n) is 3.95. The number of aliphatic carboxylic acids is 2. The van der Waals surface area contributed by atoms with E-state index in [0.29, 0.717) is 35.7 Å². The normalized spacial score (nSPS) is 10.1. The summed E-state index contributed by atoms with van der Waals surface area (Å²) in [6.45, 7) is 0.499. The molecule has 0 aliphatic heterocycles. The summed E-state index contributed by atoms with van der Waals surface area (Å²) in [5.41, 5.74) is 14.4. The van der Waals surface area contributed by atoms with Gasteiger partial charge in [0.15, 0.2) is 0 Å². The van der Waals surface area contributed by atoms with Gasteiger partial charge in [0, 0.05) is 12.8 Å². The third-order valence-corrected chi connectivity index (χ3v) is 3.95. The molecule has 0 saturated heterocycles. The van der Waals surface area contributed by atoms with Gasteiger partial charge in [-0.05, 0) is 48.2 Å². The molecular formula is C20H25ClN2O6. The molecule has 0 heterocycles. The highest BCUT2D eigenvalue weighted by atomic mass is 35.5. The van der Waals surface area contributed by atoms with Crippen LogP contribution >= 0.6 is 12.4 Å². The predicted molar refractivity (Wildman–Crippen MR) is 113 cm³/mol. The fourth-order valence-electron chi connectivity index (χ4n) is 2.49. The molecule has 8 nitrogen and oxygen atoms in total. The van der Waals surface area contributed by atoms with Crippen LogP contribution in [0.2, 0.25) is 0 Å². The number of hydrogen-bond acceptors (Lipinski definition) is 6. The van der Waals surface area contributed by atoms with Gasteiger partial charge in [-0.25, -0.2) is 0 Å². The third kappa shape index (κ3) is 7.79. The molecule has 0 radical (unpaired) electrons. The van der Waals surface area contributed by atoms with Crippen molar-refractivity contribution in [1.82, 2.24) is 0 Å². The van der Waals surface area contributed by atoms with Gasteiger partial charge in [0.1, 0.15) is 11.5 Å². The van der Waals surface area contributed by atoms with Gasteiger partial charge < -0.3 is 31.2 Å². The monoisotopic (exact) mass is 424 g/mol. The molecule has 0 spiro atoms. The Kier molecular flexibility index (Phi) is 9.61. The first kappa shape index (κ1) is 23.9. The minimum Gasteiger partial charge on any atom is -0.491 e. The van der Waals surface area contributed by atoms with Gasteiger partial charge in [-0.1, -0.05) is 12.1 Å². The van der Waals surface area contributed by atoms with Gasteiger partial charge in [-0.3, -0.25) is 9.59 Å². The summed E-state index contributed by atoms with van der Waals surface area (Å²) in [6, 6.07) is 10.6. The van der Waals surface area contributed by atoms with Gasteiger partial charge in [0.2, 0.25) is 0 Å². The first-order chi connectivity index (χ1) is 13.4. The molecule has 0 amide bonds. The Bertz CT molecular complexity index is 774. The highest BCUT2D eigenvalue weighted by molar-refractivity contribution is 5.85. The second-order valence-electron chi connectivity index (χ2n) is 6.20. The first-order valence-corrected chi connectivity index (χ1v) is 8.85. The molecule has 0 fully saturated rings. The maximum atomic E-state index is 10.6. The maximum absolute atomic E-state index is 10.6. The number of hydrogen-bond donors (Lipinski definition) is 4. The smallest absolute Gasteiger partial charge is 0.303 e. The molecule has 158 valence electrons. The first-order valence-electron chi connectivity index (χ1n) is 8.85. The molecule has 0 aliphatic carbocycles. The van der Waals surface area contributed by atoms with Crippen LogP contribution in [0.5, 0.6) is 11.5 Å². The van der Waals surface area contributed by atoms with E-state index in [9.17, 15) is 9.59 Å². The van der Waals surface area contributed by atoms with Crippen molar-refractivity contribution >= 4 is 35.7 Å². The molecule has 2 aromatic rings. The number of rotatable bonds is 11. The summed E-state index contributed by atoms with van der Waals surface area (Å²) in [6.07, 6.45) is 0.824. The average Bonchev–Trinajstić information content (AvgIpc) is 2.64. The van der Waals surface area contributed by atoms with Crippen molar-refractivity contribution in [2.24, 2.45) is 0 Å². The topological polar surface area (TPSA) is 145 Å². The number of benzene rings is 2. The van der Waals surface area contributed by atoms with Crippen LogP contribution in [-0.2, 0) is 9.59 Å². The summed E-state index contributed by atoms with van der Waals surface area (Å²) in [4.78, 5) is 21.1. The van der Waals surface area contributed by atoms with Crippen LogP contribution in [-0.4, -0.2) is 35.4 Å². The number of carboxylic acid groups (broad SMARTS) is 2. The number of anilines is 2. The summed E-state index contributed by atoms with van der Waals surface area (Å²) in [7, 11) is 0. The van der Waals surface area contributed by atoms with Crippen LogP contribution in [0.1, 0.15) is 25.7 Å². The van der Waals surface area contributed by atoms with E-state index in [1.54, 1.807) is 24.3 Å². The molecule has 0 aliphatic rings. The second kappa shape index (κ2) is 11.7. The van der Waals surface area contributed by atoms with Gasteiger partial charge in [0.05, 0.1) is 24.6 Å². The number of carbonyl (C=O) groups is 2. The maximum Gasteiger partial charge on any atom is 0.303 e. The Morgan fingerprint density at radius 1 is 0.759 bits per heavy atom. The molecule has 0 aromatic heterocycles. The number of nitrogens with two attached hydrogens (primary N) is 2. The SMILES string of the molecule is Cl.Nc1ccc(-c2ccc(N)c(OCCCC(=O)O)c2)cc1OCCCC(=O)O. The van der Waals surface area contributed by atoms with E-state index in [2.05, 4.69) is 0 Å². The largest absolute Gasteiger partial charge is 0.491 e. The van der Waals surface area contributed by atoms with Crippen molar-refractivity contribution in [3.63, 3.8) is 0 Å². The lowest BCUT2D eigenvalue weighted by molar-refractivity contribution is -0.138. The van der Waals surface area contributed by atoms with E-state index < -0.39 is 11.9 Å². The van der Waals surface area contributed by atoms with Crippen molar-refractivity contribution in [3.05, 3.63) is 36.4 Å².